The molecule has 2 heterocycles. The topological polar surface area (TPSA) is 53.4 Å². The number of benzene rings is 1. The Bertz CT molecular complexity index is 946. The first-order valence-electron chi connectivity index (χ1n) is 10.2. The number of hydrogen-bond donors (Lipinski definition) is 3. The molecule has 0 spiro atoms. The van der Waals surface area contributed by atoms with E-state index in [-0.39, 0.29) is 0 Å². The summed E-state index contributed by atoms with van der Waals surface area (Å²) in [6.45, 7) is 6.52. The monoisotopic (exact) mass is 379 g/mol. The standard InChI is InChI=1S/C23H33N5/c1-7-8-9-10-18-11-15(2)27-23-19(12-16(3)28(18)23)22-20(25-5)13-17(24-4)14-21(22)26-6/h11-14,24-26H,7-10H2,1-6H3. The summed E-state index contributed by atoms with van der Waals surface area (Å²) in [5.41, 5.74) is 10.2. The van der Waals surface area contributed by atoms with E-state index in [9.17, 15) is 0 Å². The van der Waals surface area contributed by atoms with E-state index in [1.54, 1.807) is 0 Å². The van der Waals surface area contributed by atoms with Gasteiger partial charge in [-0.3, -0.25) is 0 Å². The van der Waals surface area contributed by atoms with E-state index in [1.807, 2.05) is 21.1 Å². The van der Waals surface area contributed by atoms with E-state index >= 15 is 0 Å². The summed E-state index contributed by atoms with van der Waals surface area (Å²) in [4.78, 5) is 4.95. The maximum Gasteiger partial charge on any atom is 0.145 e. The van der Waals surface area contributed by atoms with Crippen molar-refractivity contribution in [1.82, 2.24) is 9.38 Å². The summed E-state index contributed by atoms with van der Waals surface area (Å²) < 4.78 is 2.34. The summed E-state index contributed by atoms with van der Waals surface area (Å²) in [6.07, 6.45) is 4.79. The predicted octanol–water partition coefficient (Wildman–Crippen LogP) is 5.48. The lowest BCUT2D eigenvalue weighted by molar-refractivity contribution is 0.698. The molecule has 0 aliphatic rings. The van der Waals surface area contributed by atoms with Gasteiger partial charge in [0.2, 0.25) is 0 Å². The summed E-state index contributed by atoms with van der Waals surface area (Å²) >= 11 is 0. The molecule has 0 amide bonds. The van der Waals surface area contributed by atoms with E-state index in [0.29, 0.717) is 0 Å². The number of nitrogens with one attached hydrogen (secondary N) is 3. The molecule has 28 heavy (non-hydrogen) atoms. The van der Waals surface area contributed by atoms with Crippen LogP contribution in [-0.4, -0.2) is 30.5 Å². The Kier molecular flexibility index (Phi) is 6.12. The van der Waals surface area contributed by atoms with Crippen molar-refractivity contribution < 1.29 is 0 Å². The fourth-order valence-electron chi connectivity index (χ4n) is 4.00. The van der Waals surface area contributed by atoms with Crippen molar-refractivity contribution in [2.75, 3.05) is 37.1 Å². The zero-order valence-electron chi connectivity index (χ0n) is 18.0. The van der Waals surface area contributed by atoms with Crippen LogP contribution >= 0.6 is 0 Å². The van der Waals surface area contributed by atoms with Crippen molar-refractivity contribution in [1.29, 1.82) is 0 Å². The average molecular weight is 380 g/mol. The van der Waals surface area contributed by atoms with Crippen LogP contribution in [0.25, 0.3) is 16.8 Å². The van der Waals surface area contributed by atoms with Gasteiger partial charge in [-0.2, -0.15) is 0 Å². The highest BCUT2D eigenvalue weighted by atomic mass is 15.0. The fourth-order valence-corrected chi connectivity index (χ4v) is 4.00. The first kappa shape index (κ1) is 20.1. The van der Waals surface area contributed by atoms with Gasteiger partial charge in [0, 0.05) is 66.4 Å². The molecule has 0 aliphatic carbocycles. The molecular weight excluding hydrogens is 346 g/mol. The molecule has 150 valence electrons. The SMILES string of the molecule is CCCCCc1cc(C)nc2c(-c3c(NC)cc(NC)cc3NC)cc(C)n12. The van der Waals surface area contributed by atoms with E-state index in [0.717, 1.165) is 46.0 Å². The minimum Gasteiger partial charge on any atom is -0.388 e. The Labute approximate surface area is 168 Å². The minimum atomic E-state index is 1.04. The largest absolute Gasteiger partial charge is 0.388 e. The van der Waals surface area contributed by atoms with Crippen molar-refractivity contribution in [2.45, 2.75) is 46.5 Å². The molecule has 5 heteroatoms. The average Bonchev–Trinajstić information content (AvgIpc) is 3.02. The smallest absolute Gasteiger partial charge is 0.145 e. The highest BCUT2D eigenvalue weighted by Gasteiger charge is 2.19. The molecule has 0 radical (unpaired) electrons. The Morgan fingerprint density at radius 3 is 2.14 bits per heavy atom. The van der Waals surface area contributed by atoms with E-state index in [4.69, 9.17) is 4.98 Å². The second kappa shape index (κ2) is 8.55. The molecule has 5 nitrogen and oxygen atoms in total. The minimum absolute atomic E-state index is 1.04. The van der Waals surface area contributed by atoms with Crippen molar-refractivity contribution in [3.05, 3.63) is 41.3 Å². The highest BCUT2D eigenvalue weighted by molar-refractivity contribution is 5.97. The van der Waals surface area contributed by atoms with Crippen LogP contribution in [0.3, 0.4) is 0 Å². The first-order valence-corrected chi connectivity index (χ1v) is 10.2. The van der Waals surface area contributed by atoms with Crippen LogP contribution in [0, 0.1) is 13.8 Å². The Morgan fingerprint density at radius 2 is 1.57 bits per heavy atom. The summed E-state index contributed by atoms with van der Waals surface area (Å²) in [5, 5.41) is 9.99. The number of rotatable bonds is 8. The van der Waals surface area contributed by atoms with Gasteiger partial charge in [0.25, 0.3) is 0 Å². The number of aryl methyl sites for hydroxylation is 3. The summed E-state index contributed by atoms with van der Waals surface area (Å²) in [6, 6.07) is 8.79. The molecule has 0 saturated heterocycles. The van der Waals surface area contributed by atoms with Gasteiger partial charge in [-0.25, -0.2) is 4.98 Å². The lowest BCUT2D eigenvalue weighted by atomic mass is 10.0. The van der Waals surface area contributed by atoms with Gasteiger partial charge in [0.05, 0.1) is 0 Å². The van der Waals surface area contributed by atoms with Crippen molar-refractivity contribution in [2.24, 2.45) is 0 Å². The molecule has 3 N–H and O–H groups in total. The van der Waals surface area contributed by atoms with Crippen molar-refractivity contribution in [3.63, 3.8) is 0 Å². The van der Waals surface area contributed by atoms with Crippen molar-refractivity contribution >= 4 is 22.7 Å². The molecule has 0 bridgehead atoms. The van der Waals surface area contributed by atoms with E-state index in [1.165, 1.54) is 30.7 Å². The highest BCUT2D eigenvalue weighted by Crippen LogP contribution is 2.41. The maximum atomic E-state index is 4.95. The zero-order valence-corrected chi connectivity index (χ0v) is 18.0. The molecule has 2 aromatic heterocycles. The maximum absolute atomic E-state index is 4.95. The molecule has 0 unspecified atom stereocenters. The number of nitrogens with zero attached hydrogens (tertiary/aromatic N) is 2. The van der Waals surface area contributed by atoms with Gasteiger partial charge >= 0.3 is 0 Å². The molecule has 0 atom stereocenters. The van der Waals surface area contributed by atoms with Crippen LogP contribution in [0.15, 0.2) is 24.3 Å². The zero-order chi connectivity index (χ0) is 20.3. The Morgan fingerprint density at radius 1 is 0.893 bits per heavy atom. The van der Waals surface area contributed by atoms with Crippen molar-refractivity contribution in [3.8, 4) is 11.1 Å². The normalized spacial score (nSPS) is 11.1. The van der Waals surface area contributed by atoms with Gasteiger partial charge in [-0.1, -0.05) is 19.8 Å². The second-order valence-corrected chi connectivity index (χ2v) is 7.40. The van der Waals surface area contributed by atoms with Crippen LogP contribution in [0.1, 0.15) is 43.3 Å². The summed E-state index contributed by atoms with van der Waals surface area (Å²) in [5.74, 6) is 0. The third-order valence-corrected chi connectivity index (χ3v) is 5.38. The van der Waals surface area contributed by atoms with Crippen LogP contribution in [0.2, 0.25) is 0 Å². The van der Waals surface area contributed by atoms with E-state index in [2.05, 4.69) is 65.4 Å². The van der Waals surface area contributed by atoms with Crippen LogP contribution in [-0.2, 0) is 6.42 Å². The van der Waals surface area contributed by atoms with Gasteiger partial charge in [-0.15, -0.1) is 0 Å². The molecule has 3 rings (SSSR count). The van der Waals surface area contributed by atoms with Gasteiger partial charge < -0.3 is 20.4 Å². The third kappa shape index (κ3) is 3.66. The molecule has 1 aromatic carbocycles. The molecule has 0 fully saturated rings. The van der Waals surface area contributed by atoms with Crippen LogP contribution in [0.4, 0.5) is 17.1 Å². The second-order valence-electron chi connectivity index (χ2n) is 7.40. The number of anilines is 3. The molecule has 3 aromatic rings. The quantitative estimate of drug-likeness (QED) is 0.454. The van der Waals surface area contributed by atoms with Crippen LogP contribution in [0.5, 0.6) is 0 Å². The predicted molar refractivity (Wildman–Crippen MR) is 122 cm³/mol. The number of unbranched alkanes of at least 4 members (excludes halogenated alkanes) is 2. The number of aromatic nitrogens is 2. The summed E-state index contributed by atoms with van der Waals surface area (Å²) in [7, 11) is 5.88. The Balaban J connectivity index is 2.25. The number of fused-ring (bicyclic) bond motifs is 1. The molecular formula is C23H33N5. The van der Waals surface area contributed by atoms with Crippen LogP contribution < -0.4 is 16.0 Å². The van der Waals surface area contributed by atoms with E-state index < -0.39 is 0 Å². The Hall–Kier alpha value is -2.69. The lowest BCUT2D eigenvalue weighted by Crippen LogP contribution is -2.04. The van der Waals surface area contributed by atoms with Gasteiger partial charge in [0.15, 0.2) is 0 Å². The number of hydrogen-bond acceptors (Lipinski definition) is 4. The fraction of sp³-hybridized carbons (Fsp3) is 0.435. The molecule has 0 saturated carbocycles. The lowest BCUT2D eigenvalue weighted by Gasteiger charge is -2.17. The van der Waals surface area contributed by atoms with Gasteiger partial charge in [-0.05, 0) is 51.0 Å². The third-order valence-electron chi connectivity index (χ3n) is 5.38. The van der Waals surface area contributed by atoms with Gasteiger partial charge in [0.1, 0.15) is 5.65 Å². The molecule has 0 aliphatic heterocycles. The first-order chi connectivity index (χ1) is 13.5.